The number of aromatic nitrogens is 3. The van der Waals surface area contributed by atoms with E-state index in [1.807, 2.05) is 18.2 Å². The maximum atomic E-state index is 12.1. The average Bonchev–Trinajstić information content (AvgIpc) is 3.02. The largest absolute Gasteiger partial charge is 0.296 e. The lowest BCUT2D eigenvalue weighted by Crippen LogP contribution is -2.11. The third kappa shape index (κ3) is 4.51. The summed E-state index contributed by atoms with van der Waals surface area (Å²) in [6.07, 6.45) is 1.42. The molecule has 3 aromatic rings. The maximum Gasteiger partial charge on any atom is 0.259 e. The fourth-order valence-electron chi connectivity index (χ4n) is 1.72. The van der Waals surface area contributed by atoms with Gasteiger partial charge in [0.1, 0.15) is 5.15 Å². The van der Waals surface area contributed by atoms with Crippen molar-refractivity contribution in [2.45, 2.75) is 10.1 Å². The van der Waals surface area contributed by atoms with Crippen LogP contribution in [-0.4, -0.2) is 21.1 Å². The second-order valence-electron chi connectivity index (χ2n) is 4.47. The third-order valence-corrected chi connectivity index (χ3v) is 5.09. The van der Waals surface area contributed by atoms with Gasteiger partial charge in [-0.1, -0.05) is 65.0 Å². The molecule has 0 aliphatic heterocycles. The number of amides is 1. The molecule has 0 aliphatic carbocycles. The van der Waals surface area contributed by atoms with Crippen molar-refractivity contribution >= 4 is 45.7 Å². The Morgan fingerprint density at radius 1 is 1.17 bits per heavy atom. The Bertz CT molecular complexity index is 793. The smallest absolute Gasteiger partial charge is 0.259 e. The zero-order chi connectivity index (χ0) is 16.1. The Hall–Kier alpha value is -1.96. The van der Waals surface area contributed by atoms with Gasteiger partial charge in [0.25, 0.3) is 5.91 Å². The van der Waals surface area contributed by atoms with Crippen molar-refractivity contribution in [3.8, 4) is 0 Å². The van der Waals surface area contributed by atoms with Crippen LogP contribution < -0.4 is 5.32 Å². The van der Waals surface area contributed by atoms with Gasteiger partial charge in [-0.25, -0.2) is 4.98 Å². The molecule has 0 unspecified atom stereocenters. The number of nitrogens with zero attached hydrogens (tertiary/aromatic N) is 3. The quantitative estimate of drug-likeness (QED) is 0.420. The first-order chi connectivity index (χ1) is 11.2. The summed E-state index contributed by atoms with van der Waals surface area (Å²) in [5, 5.41) is 11.6. The Morgan fingerprint density at radius 3 is 2.74 bits per heavy atom. The van der Waals surface area contributed by atoms with Crippen LogP contribution in [-0.2, 0) is 5.75 Å². The average molecular weight is 363 g/mol. The Kier molecular flexibility index (Phi) is 5.22. The number of rotatable bonds is 5. The highest BCUT2D eigenvalue weighted by Gasteiger charge is 2.11. The molecule has 0 bridgehead atoms. The molecule has 0 spiro atoms. The van der Waals surface area contributed by atoms with Gasteiger partial charge in [-0.15, -0.1) is 10.2 Å². The summed E-state index contributed by atoms with van der Waals surface area (Å²) in [7, 11) is 0. The molecule has 0 aliphatic rings. The van der Waals surface area contributed by atoms with Crippen molar-refractivity contribution in [3.05, 3.63) is 64.9 Å². The minimum atomic E-state index is -0.287. The van der Waals surface area contributed by atoms with Crippen molar-refractivity contribution in [2.24, 2.45) is 0 Å². The molecular weight excluding hydrogens is 352 g/mol. The van der Waals surface area contributed by atoms with E-state index in [0.29, 0.717) is 15.8 Å². The van der Waals surface area contributed by atoms with Crippen LogP contribution in [0.25, 0.3) is 0 Å². The van der Waals surface area contributed by atoms with E-state index in [1.54, 1.807) is 23.9 Å². The number of benzene rings is 1. The third-order valence-electron chi connectivity index (χ3n) is 2.82. The summed E-state index contributed by atoms with van der Waals surface area (Å²) in [5.41, 5.74) is 1.63. The second kappa shape index (κ2) is 7.54. The molecule has 0 radical (unpaired) electrons. The summed E-state index contributed by atoms with van der Waals surface area (Å²) in [5.74, 6) is 0.523. The van der Waals surface area contributed by atoms with Gasteiger partial charge < -0.3 is 0 Å². The molecule has 1 amide bonds. The van der Waals surface area contributed by atoms with Gasteiger partial charge >= 0.3 is 0 Å². The molecule has 0 fully saturated rings. The molecule has 23 heavy (non-hydrogen) atoms. The molecule has 1 N–H and O–H groups in total. The van der Waals surface area contributed by atoms with E-state index in [2.05, 4.69) is 32.6 Å². The summed E-state index contributed by atoms with van der Waals surface area (Å²) in [6.45, 7) is 0. The van der Waals surface area contributed by atoms with Crippen molar-refractivity contribution < 1.29 is 4.79 Å². The lowest BCUT2D eigenvalue weighted by atomic mass is 10.2. The predicted octanol–water partition coefficient (Wildman–Crippen LogP) is 4.13. The van der Waals surface area contributed by atoms with E-state index in [4.69, 9.17) is 11.6 Å². The zero-order valence-corrected chi connectivity index (χ0v) is 14.2. The van der Waals surface area contributed by atoms with Crippen LogP contribution in [0.5, 0.6) is 0 Å². The SMILES string of the molecule is O=C(Nc1nnc(SCc2ccccc2)s1)c1ccc(Cl)nc1. The summed E-state index contributed by atoms with van der Waals surface area (Å²) >= 11 is 8.62. The molecule has 0 saturated heterocycles. The lowest BCUT2D eigenvalue weighted by molar-refractivity contribution is 0.102. The van der Waals surface area contributed by atoms with Gasteiger partial charge in [0.2, 0.25) is 5.13 Å². The Balaban J connectivity index is 1.58. The number of nitrogens with one attached hydrogen (secondary N) is 1. The number of hydrogen-bond donors (Lipinski definition) is 1. The van der Waals surface area contributed by atoms with Crippen molar-refractivity contribution in [1.82, 2.24) is 15.2 Å². The van der Waals surface area contributed by atoms with Crippen LogP contribution in [0.4, 0.5) is 5.13 Å². The van der Waals surface area contributed by atoms with Gasteiger partial charge in [0, 0.05) is 11.9 Å². The van der Waals surface area contributed by atoms with Gasteiger partial charge in [-0.3, -0.25) is 10.1 Å². The zero-order valence-electron chi connectivity index (χ0n) is 11.8. The van der Waals surface area contributed by atoms with E-state index in [0.717, 1.165) is 10.1 Å². The highest BCUT2D eigenvalue weighted by atomic mass is 35.5. The van der Waals surface area contributed by atoms with Crippen molar-refractivity contribution in [2.75, 3.05) is 5.32 Å². The first kappa shape index (κ1) is 15.9. The highest BCUT2D eigenvalue weighted by Crippen LogP contribution is 2.28. The van der Waals surface area contributed by atoms with Crippen LogP contribution >= 0.6 is 34.7 Å². The van der Waals surface area contributed by atoms with Gasteiger partial charge in [0.15, 0.2) is 4.34 Å². The minimum Gasteiger partial charge on any atom is -0.296 e. The first-order valence-corrected chi connectivity index (χ1v) is 8.82. The number of anilines is 1. The molecule has 2 heterocycles. The monoisotopic (exact) mass is 362 g/mol. The van der Waals surface area contributed by atoms with Crippen LogP contribution in [0.2, 0.25) is 5.15 Å². The normalized spacial score (nSPS) is 10.5. The highest BCUT2D eigenvalue weighted by molar-refractivity contribution is 8.00. The number of carbonyl (C=O) groups is 1. The molecule has 2 aromatic heterocycles. The van der Waals surface area contributed by atoms with E-state index in [9.17, 15) is 4.79 Å². The first-order valence-electron chi connectivity index (χ1n) is 6.64. The maximum absolute atomic E-state index is 12.1. The molecule has 0 atom stereocenters. The number of hydrogen-bond acceptors (Lipinski definition) is 6. The molecule has 3 rings (SSSR count). The van der Waals surface area contributed by atoms with Gasteiger partial charge in [0.05, 0.1) is 5.56 Å². The van der Waals surface area contributed by atoms with Crippen LogP contribution in [0.15, 0.2) is 53.0 Å². The molecular formula is C15H11ClN4OS2. The van der Waals surface area contributed by atoms with E-state index in [1.165, 1.54) is 23.1 Å². The molecule has 116 valence electrons. The van der Waals surface area contributed by atoms with Crippen LogP contribution in [0, 0.1) is 0 Å². The van der Waals surface area contributed by atoms with Gasteiger partial charge in [-0.05, 0) is 17.7 Å². The second-order valence-corrected chi connectivity index (χ2v) is 7.06. The van der Waals surface area contributed by atoms with Crippen LogP contribution in [0.1, 0.15) is 15.9 Å². The minimum absolute atomic E-state index is 0.287. The molecule has 1 aromatic carbocycles. The molecule has 8 heteroatoms. The Labute approximate surface area is 146 Å². The van der Waals surface area contributed by atoms with Crippen LogP contribution in [0.3, 0.4) is 0 Å². The lowest BCUT2D eigenvalue weighted by Gasteiger charge is -2.00. The number of pyridine rings is 1. The number of halogens is 1. The summed E-state index contributed by atoms with van der Waals surface area (Å²) in [4.78, 5) is 15.9. The van der Waals surface area contributed by atoms with Gasteiger partial charge in [-0.2, -0.15) is 0 Å². The van der Waals surface area contributed by atoms with E-state index >= 15 is 0 Å². The van der Waals surface area contributed by atoms with Crippen molar-refractivity contribution in [3.63, 3.8) is 0 Å². The van der Waals surface area contributed by atoms with E-state index in [-0.39, 0.29) is 5.91 Å². The number of thioether (sulfide) groups is 1. The standard InChI is InChI=1S/C15H11ClN4OS2/c16-12-7-6-11(8-17-12)13(21)18-14-19-20-15(23-14)22-9-10-4-2-1-3-5-10/h1-8H,9H2,(H,18,19,21). The fourth-order valence-corrected chi connectivity index (χ4v) is 3.53. The molecule has 5 nitrogen and oxygen atoms in total. The fraction of sp³-hybridized carbons (Fsp3) is 0.0667. The summed E-state index contributed by atoms with van der Waals surface area (Å²) < 4.78 is 0.804. The number of carbonyl (C=O) groups excluding carboxylic acids is 1. The van der Waals surface area contributed by atoms with Crippen molar-refractivity contribution in [1.29, 1.82) is 0 Å². The Morgan fingerprint density at radius 2 is 2.00 bits per heavy atom. The van der Waals surface area contributed by atoms with E-state index < -0.39 is 0 Å². The summed E-state index contributed by atoms with van der Waals surface area (Å²) in [6, 6.07) is 13.3. The molecule has 0 saturated carbocycles. The predicted molar refractivity (Wildman–Crippen MR) is 93.1 cm³/mol. The topological polar surface area (TPSA) is 67.8 Å².